The maximum atomic E-state index is 13.6. The van der Waals surface area contributed by atoms with Gasteiger partial charge in [0.05, 0.1) is 25.2 Å². The van der Waals surface area contributed by atoms with Gasteiger partial charge in [-0.1, -0.05) is 6.07 Å². The smallest absolute Gasteiger partial charge is 0.387 e. The molecule has 0 N–H and O–H groups in total. The Morgan fingerprint density at radius 2 is 1.81 bits per heavy atom. The molecule has 1 saturated heterocycles. The van der Waals surface area contributed by atoms with Crippen LogP contribution >= 0.6 is 0 Å². The minimum absolute atomic E-state index is 0.0724. The number of hydrogen-bond donors (Lipinski definition) is 0. The van der Waals surface area contributed by atoms with Gasteiger partial charge in [-0.15, -0.1) is 0 Å². The topological polar surface area (TPSA) is 65.1 Å². The van der Waals surface area contributed by atoms with Gasteiger partial charge >= 0.3 is 6.61 Å². The van der Waals surface area contributed by atoms with E-state index in [0.717, 1.165) is 17.5 Å². The van der Waals surface area contributed by atoms with Crippen molar-refractivity contribution in [1.82, 2.24) is 4.31 Å². The Morgan fingerprint density at radius 3 is 2.53 bits per heavy atom. The highest BCUT2D eigenvalue weighted by molar-refractivity contribution is 7.93. The first-order valence-corrected chi connectivity index (χ1v) is 11.8. The van der Waals surface area contributed by atoms with Crippen LogP contribution in [0.15, 0.2) is 41.3 Å². The van der Waals surface area contributed by atoms with Gasteiger partial charge in [0.25, 0.3) is 0 Å². The zero-order chi connectivity index (χ0) is 22.9. The molecule has 2 aromatic rings. The number of sulfonamides is 1. The molecule has 1 unspecified atom stereocenters. The highest BCUT2D eigenvalue weighted by atomic mass is 32.2. The molecule has 0 amide bonds. The molecule has 0 bridgehead atoms. The van der Waals surface area contributed by atoms with E-state index in [2.05, 4.69) is 4.74 Å². The minimum atomic E-state index is -3.73. The average molecular weight is 466 g/mol. The molecule has 0 spiro atoms. The van der Waals surface area contributed by atoms with Crippen LogP contribution in [-0.2, 0) is 16.4 Å². The molecule has 6 nitrogen and oxygen atoms in total. The predicted octanol–water partition coefficient (Wildman–Crippen LogP) is 4.76. The van der Waals surface area contributed by atoms with Crippen LogP contribution < -0.4 is 14.2 Å². The lowest BCUT2D eigenvalue weighted by Crippen LogP contribution is -2.32. The molecule has 0 saturated carbocycles. The monoisotopic (exact) mass is 465 g/mol. The third kappa shape index (κ3) is 4.31. The number of rotatable bonds is 7. The summed E-state index contributed by atoms with van der Waals surface area (Å²) in [6, 6.07) is 9.63. The molecule has 0 aromatic heterocycles. The van der Waals surface area contributed by atoms with Crippen LogP contribution in [0.3, 0.4) is 0 Å². The summed E-state index contributed by atoms with van der Waals surface area (Å²) in [5.74, 6) is 1.33. The largest absolute Gasteiger partial charge is 0.497 e. The van der Waals surface area contributed by atoms with E-state index in [0.29, 0.717) is 47.8 Å². The second-order valence-electron chi connectivity index (χ2n) is 7.73. The van der Waals surface area contributed by atoms with Gasteiger partial charge in [-0.25, -0.2) is 8.42 Å². The van der Waals surface area contributed by atoms with E-state index < -0.39 is 16.6 Å². The predicted molar refractivity (Wildman–Crippen MR) is 117 cm³/mol. The zero-order valence-corrected chi connectivity index (χ0v) is 18.7. The van der Waals surface area contributed by atoms with Gasteiger partial charge in [-0.2, -0.15) is 13.1 Å². The van der Waals surface area contributed by atoms with Crippen molar-refractivity contribution in [3.63, 3.8) is 0 Å². The first-order valence-electron chi connectivity index (χ1n) is 10.4. The Balaban J connectivity index is 1.66. The lowest BCUT2D eigenvalue weighted by molar-refractivity contribution is -0.0498. The summed E-state index contributed by atoms with van der Waals surface area (Å²) in [6.07, 6.45) is 3.79. The maximum absolute atomic E-state index is 13.6. The number of hydrogen-bond acceptors (Lipinski definition) is 5. The Bertz CT molecular complexity index is 1130. The summed E-state index contributed by atoms with van der Waals surface area (Å²) in [7, 11) is -0.601. The number of allylic oxidation sites excluding steroid dienone is 1. The van der Waals surface area contributed by atoms with Gasteiger partial charge in [0.2, 0.25) is 10.0 Å². The van der Waals surface area contributed by atoms with Gasteiger partial charge in [0, 0.05) is 12.1 Å². The zero-order valence-electron chi connectivity index (χ0n) is 17.9. The third-order valence-electron chi connectivity index (χ3n) is 5.94. The Morgan fingerprint density at radius 1 is 1.03 bits per heavy atom. The summed E-state index contributed by atoms with van der Waals surface area (Å²) in [6.45, 7) is -2.48. The molecule has 2 aliphatic rings. The lowest BCUT2D eigenvalue weighted by atomic mass is 9.97. The van der Waals surface area contributed by atoms with Crippen LogP contribution in [0.5, 0.6) is 17.2 Å². The number of ether oxygens (including phenoxy) is 3. The van der Waals surface area contributed by atoms with Crippen molar-refractivity contribution < 1.29 is 31.4 Å². The number of halogens is 2. The Kier molecular flexibility index (Phi) is 6.39. The number of benzene rings is 2. The van der Waals surface area contributed by atoms with E-state index in [4.69, 9.17) is 9.47 Å². The van der Waals surface area contributed by atoms with Crippen LogP contribution in [0, 0.1) is 0 Å². The normalized spacial score (nSPS) is 18.9. The molecule has 2 aromatic carbocycles. The lowest BCUT2D eigenvalue weighted by Gasteiger charge is -2.28. The van der Waals surface area contributed by atoms with Crippen molar-refractivity contribution in [2.75, 3.05) is 20.8 Å². The van der Waals surface area contributed by atoms with E-state index in [1.807, 2.05) is 6.07 Å². The molecular weight excluding hydrogens is 440 g/mol. The van der Waals surface area contributed by atoms with E-state index in [1.165, 1.54) is 10.4 Å². The van der Waals surface area contributed by atoms with Gasteiger partial charge in [-0.3, -0.25) is 0 Å². The standard InChI is InChI=1S/C23H25F2NO5S/c1-29-17-8-10-22(30-2)20(14-17)21-4-3-11-26(21)32(27,28)19-9-6-15-12-18(31-23(24)25)7-5-16(15)13-19/h5,7-8,10,12-14,21,23H,3-4,6,9,11H2,1-2H3. The minimum Gasteiger partial charge on any atom is -0.497 e. The van der Waals surface area contributed by atoms with E-state index in [9.17, 15) is 17.2 Å². The molecule has 32 heavy (non-hydrogen) atoms. The third-order valence-corrected chi connectivity index (χ3v) is 7.98. The second-order valence-corrected chi connectivity index (χ2v) is 9.67. The summed E-state index contributed by atoms with van der Waals surface area (Å²) in [5, 5.41) is 0. The Hall–Kier alpha value is -2.65. The molecule has 1 heterocycles. The van der Waals surface area contributed by atoms with Crippen molar-refractivity contribution in [1.29, 1.82) is 0 Å². The van der Waals surface area contributed by atoms with Crippen LogP contribution in [0.2, 0.25) is 0 Å². The number of methoxy groups -OCH3 is 2. The molecule has 1 atom stereocenters. The fourth-order valence-electron chi connectivity index (χ4n) is 4.41. The van der Waals surface area contributed by atoms with Crippen molar-refractivity contribution >= 4 is 16.1 Å². The van der Waals surface area contributed by atoms with Crippen molar-refractivity contribution in [2.45, 2.75) is 38.3 Å². The SMILES string of the molecule is COc1ccc(OC)c(C2CCCN2S(=O)(=O)C2=Cc3ccc(OC(F)F)cc3CC2)c1. The summed E-state index contributed by atoms with van der Waals surface area (Å²) in [4.78, 5) is 0.321. The van der Waals surface area contributed by atoms with Gasteiger partial charge < -0.3 is 14.2 Å². The average Bonchev–Trinajstić information content (AvgIpc) is 3.28. The van der Waals surface area contributed by atoms with Crippen LogP contribution in [0.1, 0.15) is 42.0 Å². The molecule has 1 aliphatic carbocycles. The first-order chi connectivity index (χ1) is 15.3. The van der Waals surface area contributed by atoms with E-state index in [1.54, 1.807) is 44.6 Å². The molecule has 9 heteroatoms. The number of fused-ring (bicyclic) bond motifs is 1. The highest BCUT2D eigenvalue weighted by Crippen LogP contribution is 2.43. The van der Waals surface area contributed by atoms with Crippen molar-refractivity contribution in [3.05, 3.63) is 58.0 Å². The fraction of sp³-hybridized carbons (Fsp3) is 0.391. The summed E-state index contributed by atoms with van der Waals surface area (Å²) < 4.78 is 69.0. The second kappa shape index (κ2) is 9.07. The summed E-state index contributed by atoms with van der Waals surface area (Å²) in [5.41, 5.74) is 2.26. The molecule has 1 fully saturated rings. The quantitative estimate of drug-likeness (QED) is 0.590. The van der Waals surface area contributed by atoms with Crippen LogP contribution in [0.4, 0.5) is 8.78 Å². The summed E-state index contributed by atoms with van der Waals surface area (Å²) >= 11 is 0. The van der Waals surface area contributed by atoms with Crippen molar-refractivity contribution in [3.8, 4) is 17.2 Å². The number of nitrogens with zero attached hydrogens (tertiary/aromatic N) is 1. The van der Waals surface area contributed by atoms with Gasteiger partial charge in [0.15, 0.2) is 0 Å². The fourth-order valence-corrected chi connectivity index (χ4v) is 6.27. The maximum Gasteiger partial charge on any atom is 0.387 e. The van der Waals surface area contributed by atoms with E-state index in [-0.39, 0.29) is 11.8 Å². The number of aryl methyl sites for hydroxylation is 1. The molecular formula is C23H25F2NO5S. The molecule has 1 aliphatic heterocycles. The Labute approximate surface area is 186 Å². The molecule has 0 radical (unpaired) electrons. The number of alkyl halides is 2. The van der Waals surface area contributed by atoms with E-state index >= 15 is 0 Å². The van der Waals surface area contributed by atoms with Crippen LogP contribution in [-0.4, -0.2) is 40.1 Å². The highest BCUT2D eigenvalue weighted by Gasteiger charge is 2.39. The van der Waals surface area contributed by atoms with Gasteiger partial charge in [0.1, 0.15) is 17.2 Å². The molecule has 172 valence electrons. The first kappa shape index (κ1) is 22.5. The van der Waals surface area contributed by atoms with Crippen molar-refractivity contribution in [2.24, 2.45) is 0 Å². The van der Waals surface area contributed by atoms with Crippen LogP contribution in [0.25, 0.3) is 6.08 Å². The molecule has 4 rings (SSSR count). The van der Waals surface area contributed by atoms with Gasteiger partial charge in [-0.05, 0) is 73.2 Å².